The second kappa shape index (κ2) is 4.58. The van der Waals surface area contributed by atoms with Gasteiger partial charge in [0.1, 0.15) is 5.78 Å². The molecular formula is C9H17NO2. The average Bonchev–Trinajstić information content (AvgIpc) is 2.30. The number of ketones is 1. The number of carbonyl (C=O) groups is 1. The maximum Gasteiger partial charge on any atom is 0.146 e. The van der Waals surface area contributed by atoms with Crippen LogP contribution in [0.1, 0.15) is 20.3 Å². The summed E-state index contributed by atoms with van der Waals surface area (Å²) in [5.41, 5.74) is 0. The summed E-state index contributed by atoms with van der Waals surface area (Å²) >= 11 is 0. The lowest BCUT2D eigenvalue weighted by molar-refractivity contribution is -0.121. The summed E-state index contributed by atoms with van der Waals surface area (Å²) in [4.78, 5) is 13.3. The van der Waals surface area contributed by atoms with E-state index in [1.165, 1.54) is 0 Å². The average molecular weight is 171 g/mol. The zero-order chi connectivity index (χ0) is 8.97. The molecular weight excluding hydrogens is 154 g/mol. The Morgan fingerprint density at radius 1 is 1.42 bits per heavy atom. The van der Waals surface area contributed by atoms with Gasteiger partial charge in [-0.05, 0) is 20.3 Å². The molecule has 0 N–H and O–H groups in total. The molecule has 0 amide bonds. The summed E-state index contributed by atoms with van der Waals surface area (Å²) in [5, 5.41) is 0. The lowest BCUT2D eigenvalue weighted by Crippen LogP contribution is -2.39. The maximum atomic E-state index is 11.1. The van der Waals surface area contributed by atoms with Crippen LogP contribution in [0.15, 0.2) is 0 Å². The molecule has 1 rings (SSSR count). The first-order chi connectivity index (χ1) is 5.72. The molecule has 0 aromatic rings. The highest BCUT2D eigenvalue weighted by atomic mass is 16.5. The van der Waals surface area contributed by atoms with Gasteiger partial charge >= 0.3 is 0 Å². The minimum absolute atomic E-state index is 0.0618. The molecule has 0 bridgehead atoms. The molecule has 0 radical (unpaired) electrons. The molecule has 3 heteroatoms. The standard InChI is InChI=1S/C9H17NO2/c1-8(9(2)11)10-4-3-6-12-7-5-10/h8H,3-7H2,1-2H3. The molecule has 3 nitrogen and oxygen atoms in total. The van der Waals surface area contributed by atoms with E-state index in [1.54, 1.807) is 6.92 Å². The van der Waals surface area contributed by atoms with Crippen molar-refractivity contribution in [3.63, 3.8) is 0 Å². The van der Waals surface area contributed by atoms with Crippen LogP contribution in [0.2, 0.25) is 0 Å². The van der Waals surface area contributed by atoms with Crippen LogP contribution in [0.3, 0.4) is 0 Å². The SMILES string of the molecule is CC(=O)C(C)N1CCCOCC1. The van der Waals surface area contributed by atoms with Gasteiger partial charge in [-0.1, -0.05) is 0 Å². The first-order valence-corrected chi connectivity index (χ1v) is 4.54. The van der Waals surface area contributed by atoms with Crippen molar-refractivity contribution in [3.8, 4) is 0 Å². The molecule has 1 atom stereocenters. The van der Waals surface area contributed by atoms with Gasteiger partial charge in [-0.3, -0.25) is 9.69 Å². The van der Waals surface area contributed by atoms with E-state index >= 15 is 0 Å². The Bertz CT molecular complexity index is 151. The lowest BCUT2D eigenvalue weighted by atomic mass is 10.2. The molecule has 0 spiro atoms. The van der Waals surface area contributed by atoms with E-state index in [0.717, 1.165) is 32.7 Å². The summed E-state index contributed by atoms with van der Waals surface area (Å²) in [6, 6.07) is 0.0618. The van der Waals surface area contributed by atoms with Crippen molar-refractivity contribution in [2.75, 3.05) is 26.3 Å². The normalized spacial score (nSPS) is 23.2. The predicted octanol–water partition coefficient (Wildman–Crippen LogP) is 0.686. The molecule has 1 heterocycles. The van der Waals surface area contributed by atoms with E-state index < -0.39 is 0 Å². The number of hydrogen-bond donors (Lipinski definition) is 0. The zero-order valence-electron chi connectivity index (χ0n) is 7.88. The van der Waals surface area contributed by atoms with Gasteiger partial charge in [-0.2, -0.15) is 0 Å². The van der Waals surface area contributed by atoms with Crippen molar-refractivity contribution in [2.24, 2.45) is 0 Å². The summed E-state index contributed by atoms with van der Waals surface area (Å²) in [7, 11) is 0. The Morgan fingerprint density at radius 3 is 2.83 bits per heavy atom. The Labute approximate surface area is 73.7 Å². The Balaban J connectivity index is 2.42. The fraction of sp³-hybridized carbons (Fsp3) is 0.889. The quantitative estimate of drug-likeness (QED) is 0.612. The Hall–Kier alpha value is -0.410. The second-order valence-corrected chi connectivity index (χ2v) is 3.29. The van der Waals surface area contributed by atoms with Crippen LogP contribution in [0.25, 0.3) is 0 Å². The van der Waals surface area contributed by atoms with Gasteiger partial charge in [0.05, 0.1) is 12.6 Å². The first-order valence-electron chi connectivity index (χ1n) is 4.54. The van der Waals surface area contributed by atoms with Crippen molar-refractivity contribution in [1.29, 1.82) is 0 Å². The van der Waals surface area contributed by atoms with Gasteiger partial charge in [0.25, 0.3) is 0 Å². The highest BCUT2D eigenvalue weighted by Gasteiger charge is 2.18. The van der Waals surface area contributed by atoms with Crippen LogP contribution >= 0.6 is 0 Å². The number of hydrogen-bond acceptors (Lipinski definition) is 3. The summed E-state index contributed by atoms with van der Waals surface area (Å²) in [5.74, 6) is 0.247. The van der Waals surface area contributed by atoms with E-state index in [-0.39, 0.29) is 11.8 Å². The van der Waals surface area contributed by atoms with Gasteiger partial charge in [0.15, 0.2) is 0 Å². The van der Waals surface area contributed by atoms with Crippen molar-refractivity contribution < 1.29 is 9.53 Å². The largest absolute Gasteiger partial charge is 0.380 e. The third-order valence-electron chi connectivity index (χ3n) is 2.39. The number of ether oxygens (including phenoxy) is 1. The molecule has 0 aliphatic carbocycles. The Morgan fingerprint density at radius 2 is 2.17 bits per heavy atom. The summed E-state index contributed by atoms with van der Waals surface area (Å²) in [6.45, 7) is 7.09. The number of Topliss-reactive ketones (excluding diaryl/α,β-unsaturated/α-hetero) is 1. The molecule has 0 aromatic heterocycles. The van der Waals surface area contributed by atoms with Crippen molar-refractivity contribution >= 4 is 5.78 Å². The molecule has 70 valence electrons. The molecule has 0 aromatic carbocycles. The minimum atomic E-state index is 0.0618. The summed E-state index contributed by atoms with van der Waals surface area (Å²) in [6.07, 6.45) is 1.04. The second-order valence-electron chi connectivity index (χ2n) is 3.29. The summed E-state index contributed by atoms with van der Waals surface area (Å²) < 4.78 is 5.30. The first kappa shape index (κ1) is 9.68. The number of carbonyl (C=O) groups excluding carboxylic acids is 1. The molecule has 0 saturated carbocycles. The third kappa shape index (κ3) is 2.57. The molecule has 1 unspecified atom stereocenters. The molecule has 1 aliphatic heterocycles. The van der Waals surface area contributed by atoms with Crippen LogP contribution in [0, 0.1) is 0 Å². The monoisotopic (exact) mass is 171 g/mol. The van der Waals surface area contributed by atoms with Gasteiger partial charge in [-0.25, -0.2) is 0 Å². The number of rotatable bonds is 2. The fourth-order valence-corrected chi connectivity index (χ4v) is 1.41. The van der Waals surface area contributed by atoms with Gasteiger partial charge in [-0.15, -0.1) is 0 Å². The smallest absolute Gasteiger partial charge is 0.146 e. The van der Waals surface area contributed by atoms with E-state index in [1.807, 2.05) is 6.92 Å². The van der Waals surface area contributed by atoms with E-state index in [4.69, 9.17) is 4.74 Å². The van der Waals surface area contributed by atoms with Crippen molar-refractivity contribution in [2.45, 2.75) is 26.3 Å². The highest BCUT2D eigenvalue weighted by Crippen LogP contribution is 2.04. The third-order valence-corrected chi connectivity index (χ3v) is 2.39. The van der Waals surface area contributed by atoms with Crippen LogP contribution in [0.4, 0.5) is 0 Å². The molecule has 1 saturated heterocycles. The minimum Gasteiger partial charge on any atom is -0.380 e. The molecule has 1 aliphatic rings. The fourth-order valence-electron chi connectivity index (χ4n) is 1.41. The lowest BCUT2D eigenvalue weighted by Gasteiger charge is -2.24. The van der Waals surface area contributed by atoms with Crippen LogP contribution in [0.5, 0.6) is 0 Å². The maximum absolute atomic E-state index is 11.1. The van der Waals surface area contributed by atoms with Crippen LogP contribution in [-0.2, 0) is 9.53 Å². The van der Waals surface area contributed by atoms with Crippen LogP contribution < -0.4 is 0 Å². The van der Waals surface area contributed by atoms with Gasteiger partial charge in [0.2, 0.25) is 0 Å². The van der Waals surface area contributed by atoms with Gasteiger partial charge < -0.3 is 4.74 Å². The van der Waals surface area contributed by atoms with Crippen molar-refractivity contribution in [1.82, 2.24) is 4.90 Å². The van der Waals surface area contributed by atoms with Crippen molar-refractivity contribution in [3.05, 3.63) is 0 Å². The van der Waals surface area contributed by atoms with Gasteiger partial charge in [0, 0.05) is 19.7 Å². The predicted molar refractivity (Wildman–Crippen MR) is 47.2 cm³/mol. The molecule has 12 heavy (non-hydrogen) atoms. The van der Waals surface area contributed by atoms with Crippen LogP contribution in [-0.4, -0.2) is 43.0 Å². The van der Waals surface area contributed by atoms with E-state index in [2.05, 4.69) is 4.90 Å². The topological polar surface area (TPSA) is 29.5 Å². The molecule has 1 fully saturated rings. The van der Waals surface area contributed by atoms with E-state index in [0.29, 0.717) is 0 Å². The number of nitrogens with zero attached hydrogens (tertiary/aromatic N) is 1. The zero-order valence-corrected chi connectivity index (χ0v) is 7.88. The highest BCUT2D eigenvalue weighted by molar-refractivity contribution is 5.80. The Kier molecular flexibility index (Phi) is 3.69. The van der Waals surface area contributed by atoms with E-state index in [9.17, 15) is 4.79 Å².